The molecule has 116 valence electrons. The lowest BCUT2D eigenvalue weighted by Crippen LogP contribution is -2.18. The lowest BCUT2D eigenvalue weighted by Gasteiger charge is -2.02. The first kappa shape index (κ1) is 16.6. The lowest BCUT2D eigenvalue weighted by atomic mass is 10.1. The standard InChI is InChI=1S/C17H14N2O3S/c1-19-23(21,22)16-9-7-15(8-10-16)17(20)11-6-13-2-4-14(12-18)5-3-13/h2-11,19H,1H3/b11-6+. The highest BCUT2D eigenvalue weighted by Gasteiger charge is 2.11. The van der Waals surface area contributed by atoms with Gasteiger partial charge in [-0.1, -0.05) is 18.2 Å². The summed E-state index contributed by atoms with van der Waals surface area (Å²) in [6.45, 7) is 0. The molecular formula is C17H14N2O3S. The molecule has 6 heteroatoms. The number of rotatable bonds is 5. The van der Waals surface area contributed by atoms with Crippen LogP contribution in [-0.2, 0) is 10.0 Å². The van der Waals surface area contributed by atoms with Crippen molar-refractivity contribution in [3.63, 3.8) is 0 Å². The van der Waals surface area contributed by atoms with Crippen LogP contribution < -0.4 is 4.72 Å². The van der Waals surface area contributed by atoms with Crippen molar-refractivity contribution in [1.29, 1.82) is 5.26 Å². The molecule has 0 heterocycles. The van der Waals surface area contributed by atoms with E-state index >= 15 is 0 Å². The van der Waals surface area contributed by atoms with Crippen LogP contribution in [0.2, 0.25) is 0 Å². The number of carbonyl (C=O) groups excluding carboxylic acids is 1. The van der Waals surface area contributed by atoms with Gasteiger partial charge in [-0.05, 0) is 55.1 Å². The van der Waals surface area contributed by atoms with E-state index in [2.05, 4.69) is 4.72 Å². The van der Waals surface area contributed by atoms with Gasteiger partial charge in [-0.15, -0.1) is 0 Å². The maximum Gasteiger partial charge on any atom is 0.240 e. The number of hydrogen-bond acceptors (Lipinski definition) is 4. The van der Waals surface area contributed by atoms with Crippen molar-refractivity contribution in [1.82, 2.24) is 4.72 Å². The predicted molar refractivity (Wildman–Crippen MR) is 87.2 cm³/mol. The van der Waals surface area contributed by atoms with Crippen molar-refractivity contribution in [2.45, 2.75) is 4.90 Å². The van der Waals surface area contributed by atoms with E-state index < -0.39 is 10.0 Å². The van der Waals surface area contributed by atoms with Crippen LogP contribution in [-0.4, -0.2) is 21.2 Å². The molecule has 0 aliphatic rings. The zero-order valence-electron chi connectivity index (χ0n) is 12.4. The maximum absolute atomic E-state index is 12.1. The fraction of sp³-hybridized carbons (Fsp3) is 0.0588. The molecule has 2 rings (SSSR count). The number of allylic oxidation sites excluding steroid dienone is 1. The van der Waals surface area contributed by atoms with Crippen molar-refractivity contribution < 1.29 is 13.2 Å². The van der Waals surface area contributed by atoms with E-state index in [4.69, 9.17) is 5.26 Å². The minimum Gasteiger partial charge on any atom is -0.289 e. The molecular weight excluding hydrogens is 312 g/mol. The van der Waals surface area contributed by atoms with Crippen LogP contribution in [0.5, 0.6) is 0 Å². The van der Waals surface area contributed by atoms with Gasteiger partial charge >= 0.3 is 0 Å². The highest BCUT2D eigenvalue weighted by atomic mass is 32.2. The summed E-state index contributed by atoms with van der Waals surface area (Å²) in [4.78, 5) is 12.2. The van der Waals surface area contributed by atoms with Crippen LogP contribution in [0.4, 0.5) is 0 Å². The minimum atomic E-state index is -3.51. The molecule has 0 aliphatic carbocycles. The Labute approximate surface area is 134 Å². The van der Waals surface area contributed by atoms with Crippen LogP contribution >= 0.6 is 0 Å². The molecule has 0 atom stereocenters. The Kier molecular flexibility index (Phi) is 5.06. The molecule has 2 aromatic carbocycles. The zero-order valence-corrected chi connectivity index (χ0v) is 13.2. The Morgan fingerprint density at radius 1 is 1.09 bits per heavy atom. The molecule has 0 bridgehead atoms. The molecule has 0 fully saturated rings. The van der Waals surface area contributed by atoms with E-state index in [-0.39, 0.29) is 10.7 Å². The number of carbonyl (C=O) groups is 1. The van der Waals surface area contributed by atoms with Gasteiger partial charge in [-0.25, -0.2) is 13.1 Å². The molecule has 5 nitrogen and oxygen atoms in total. The Balaban J connectivity index is 2.14. The number of benzene rings is 2. The SMILES string of the molecule is CNS(=O)(=O)c1ccc(C(=O)/C=C/c2ccc(C#N)cc2)cc1. The van der Waals surface area contributed by atoms with Gasteiger partial charge in [0.05, 0.1) is 16.5 Å². The van der Waals surface area contributed by atoms with Crippen molar-refractivity contribution in [2.24, 2.45) is 0 Å². The van der Waals surface area contributed by atoms with Gasteiger partial charge in [0.2, 0.25) is 10.0 Å². The van der Waals surface area contributed by atoms with Gasteiger partial charge in [0.25, 0.3) is 0 Å². The van der Waals surface area contributed by atoms with Crippen LogP contribution in [0.3, 0.4) is 0 Å². The first-order valence-electron chi connectivity index (χ1n) is 6.72. The average Bonchev–Trinajstić information content (AvgIpc) is 2.60. The number of nitriles is 1. The van der Waals surface area contributed by atoms with E-state index in [0.29, 0.717) is 11.1 Å². The summed E-state index contributed by atoms with van der Waals surface area (Å²) in [7, 11) is -2.18. The molecule has 0 saturated carbocycles. The number of nitrogens with zero attached hydrogens (tertiary/aromatic N) is 1. The molecule has 0 aliphatic heterocycles. The summed E-state index contributed by atoms with van der Waals surface area (Å²) in [6, 6.07) is 14.5. The lowest BCUT2D eigenvalue weighted by molar-refractivity contribution is 0.104. The minimum absolute atomic E-state index is 0.104. The molecule has 23 heavy (non-hydrogen) atoms. The summed E-state index contributed by atoms with van der Waals surface area (Å²) < 4.78 is 25.4. The van der Waals surface area contributed by atoms with Gasteiger partial charge in [-0.2, -0.15) is 5.26 Å². The summed E-state index contributed by atoms with van der Waals surface area (Å²) in [5, 5.41) is 8.72. The second kappa shape index (κ2) is 7.01. The highest BCUT2D eigenvalue weighted by molar-refractivity contribution is 7.89. The van der Waals surface area contributed by atoms with Gasteiger partial charge < -0.3 is 0 Å². The van der Waals surface area contributed by atoms with Gasteiger partial charge in [-0.3, -0.25) is 4.79 Å². The molecule has 0 radical (unpaired) electrons. The van der Waals surface area contributed by atoms with Gasteiger partial charge in [0.15, 0.2) is 5.78 Å². The third-order valence-corrected chi connectivity index (χ3v) is 4.62. The van der Waals surface area contributed by atoms with Crippen LogP contribution in [0.25, 0.3) is 6.08 Å². The first-order valence-corrected chi connectivity index (χ1v) is 8.21. The fourth-order valence-corrected chi connectivity index (χ4v) is 2.58. The molecule has 0 aromatic heterocycles. The monoisotopic (exact) mass is 326 g/mol. The van der Waals surface area contributed by atoms with Crippen LogP contribution in [0.1, 0.15) is 21.5 Å². The Morgan fingerprint density at radius 3 is 2.22 bits per heavy atom. The second-order valence-electron chi connectivity index (χ2n) is 4.66. The molecule has 2 aromatic rings. The summed E-state index contributed by atoms with van der Waals surface area (Å²) in [5.74, 6) is -0.234. The zero-order chi connectivity index (χ0) is 16.9. The summed E-state index contributed by atoms with van der Waals surface area (Å²) in [5.41, 5.74) is 1.74. The van der Waals surface area contributed by atoms with E-state index in [1.807, 2.05) is 6.07 Å². The normalized spacial score (nSPS) is 11.3. The summed E-state index contributed by atoms with van der Waals surface area (Å²) >= 11 is 0. The van der Waals surface area contributed by atoms with Crippen molar-refractivity contribution in [3.05, 3.63) is 71.3 Å². The average molecular weight is 326 g/mol. The van der Waals surface area contributed by atoms with Gasteiger partial charge in [0, 0.05) is 5.56 Å². The van der Waals surface area contributed by atoms with E-state index in [1.165, 1.54) is 37.4 Å². The van der Waals surface area contributed by atoms with Gasteiger partial charge in [0.1, 0.15) is 0 Å². The van der Waals surface area contributed by atoms with Crippen LogP contribution in [0, 0.1) is 11.3 Å². The van der Waals surface area contributed by atoms with E-state index in [1.54, 1.807) is 30.3 Å². The molecule has 0 spiro atoms. The Bertz CT molecular complexity index is 875. The first-order chi connectivity index (χ1) is 11.0. The number of nitrogens with one attached hydrogen (secondary N) is 1. The fourth-order valence-electron chi connectivity index (χ4n) is 1.85. The molecule has 0 unspecified atom stereocenters. The van der Waals surface area contributed by atoms with E-state index in [0.717, 1.165) is 5.56 Å². The summed E-state index contributed by atoms with van der Waals surface area (Å²) in [6.07, 6.45) is 3.05. The predicted octanol–water partition coefficient (Wildman–Crippen LogP) is 2.36. The van der Waals surface area contributed by atoms with Crippen LogP contribution in [0.15, 0.2) is 59.5 Å². The van der Waals surface area contributed by atoms with Crippen molar-refractivity contribution >= 4 is 21.9 Å². The van der Waals surface area contributed by atoms with E-state index in [9.17, 15) is 13.2 Å². The second-order valence-corrected chi connectivity index (χ2v) is 6.55. The topological polar surface area (TPSA) is 87.0 Å². The largest absolute Gasteiger partial charge is 0.289 e. The number of sulfonamides is 1. The molecule has 0 saturated heterocycles. The molecule has 0 amide bonds. The Hall–Kier alpha value is -2.75. The number of hydrogen-bond donors (Lipinski definition) is 1. The molecule has 1 N–H and O–H groups in total. The Morgan fingerprint density at radius 2 is 1.70 bits per heavy atom. The smallest absolute Gasteiger partial charge is 0.240 e. The quantitative estimate of drug-likeness (QED) is 0.675. The number of ketones is 1. The third-order valence-electron chi connectivity index (χ3n) is 3.18. The maximum atomic E-state index is 12.1. The third kappa shape index (κ3) is 4.13. The van der Waals surface area contributed by atoms with Crippen molar-refractivity contribution in [2.75, 3.05) is 7.05 Å². The van der Waals surface area contributed by atoms with Crippen molar-refractivity contribution in [3.8, 4) is 6.07 Å². The highest BCUT2D eigenvalue weighted by Crippen LogP contribution is 2.12.